The molecule has 0 aromatic carbocycles. The van der Waals surface area contributed by atoms with Gasteiger partial charge >= 0.3 is 0 Å². The van der Waals surface area contributed by atoms with E-state index in [1.54, 1.807) is 23.5 Å². The highest BCUT2D eigenvalue weighted by Gasteiger charge is 2.53. The summed E-state index contributed by atoms with van der Waals surface area (Å²) in [4.78, 5) is 49.2. The zero-order valence-corrected chi connectivity index (χ0v) is 20.5. The monoisotopic (exact) mass is 524 g/mol. The highest BCUT2D eigenvalue weighted by molar-refractivity contribution is 8.00. The summed E-state index contributed by atoms with van der Waals surface area (Å²) >= 11 is 2.92. The zero-order valence-electron chi connectivity index (χ0n) is 18.9. The van der Waals surface area contributed by atoms with Gasteiger partial charge in [-0.15, -0.1) is 11.8 Å². The van der Waals surface area contributed by atoms with Gasteiger partial charge < -0.3 is 25.8 Å². The average Bonchev–Trinajstić information content (AvgIpc) is 3.35. The van der Waals surface area contributed by atoms with Crippen LogP contribution in [0, 0.1) is 0 Å². The fourth-order valence-corrected chi connectivity index (χ4v) is 6.41. The Bertz CT molecular complexity index is 1450. The summed E-state index contributed by atoms with van der Waals surface area (Å²) in [7, 11) is 1.28. The van der Waals surface area contributed by atoms with Crippen molar-refractivity contribution >= 4 is 62.6 Å². The van der Waals surface area contributed by atoms with Gasteiger partial charge in [-0.3, -0.25) is 14.5 Å². The van der Waals surface area contributed by atoms with E-state index >= 15 is 0 Å². The van der Waals surface area contributed by atoms with Crippen molar-refractivity contribution in [3.05, 3.63) is 64.9 Å². The van der Waals surface area contributed by atoms with E-state index in [2.05, 4.69) is 15.5 Å². The number of pyridine rings is 2. The number of amides is 2. The third-order valence-corrected chi connectivity index (χ3v) is 8.08. The van der Waals surface area contributed by atoms with Crippen LogP contribution in [0.5, 0.6) is 0 Å². The van der Waals surface area contributed by atoms with Gasteiger partial charge in [0.05, 0.1) is 17.1 Å². The Morgan fingerprint density at radius 2 is 2.17 bits per heavy atom. The molecule has 184 valence electrons. The fourth-order valence-electron chi connectivity index (χ4n) is 4.20. The first kappa shape index (κ1) is 23.8. The van der Waals surface area contributed by atoms with Gasteiger partial charge in [0, 0.05) is 17.4 Å². The fraction of sp³-hybridized carbons (Fsp3) is 0.217. The van der Waals surface area contributed by atoms with Gasteiger partial charge in [0.1, 0.15) is 30.0 Å². The van der Waals surface area contributed by atoms with Gasteiger partial charge in [0.2, 0.25) is 0 Å². The Kier molecular flexibility index (Phi) is 6.33. The number of thioether (sulfide) groups is 1. The molecule has 5 rings (SSSR count). The molecule has 13 heteroatoms. The van der Waals surface area contributed by atoms with Crippen molar-refractivity contribution in [1.82, 2.24) is 15.2 Å². The highest BCUT2D eigenvalue weighted by atomic mass is 32.2. The van der Waals surface area contributed by atoms with Crippen molar-refractivity contribution in [3.63, 3.8) is 0 Å². The van der Waals surface area contributed by atoms with E-state index in [1.807, 2.05) is 34.3 Å². The number of thiophene rings is 1. The van der Waals surface area contributed by atoms with Crippen molar-refractivity contribution < 1.29 is 28.9 Å². The molecular formula is C23H20N6O5S2. The average molecular weight is 525 g/mol. The predicted molar refractivity (Wildman–Crippen MR) is 131 cm³/mol. The van der Waals surface area contributed by atoms with E-state index < -0.39 is 29.2 Å². The van der Waals surface area contributed by atoms with E-state index in [4.69, 9.17) is 10.6 Å². The van der Waals surface area contributed by atoms with Crippen molar-refractivity contribution in [2.45, 2.75) is 18.0 Å². The van der Waals surface area contributed by atoms with E-state index in [0.29, 0.717) is 17.9 Å². The molecule has 0 bridgehead atoms. The van der Waals surface area contributed by atoms with E-state index in [1.165, 1.54) is 29.8 Å². The summed E-state index contributed by atoms with van der Waals surface area (Å²) in [6, 6.07) is 9.61. The lowest BCUT2D eigenvalue weighted by Gasteiger charge is -2.50. The highest BCUT2D eigenvalue weighted by Crippen LogP contribution is 2.40. The summed E-state index contributed by atoms with van der Waals surface area (Å²) in [5, 5.41) is 20.9. The molecule has 3 aromatic rings. The molecule has 5 heterocycles. The van der Waals surface area contributed by atoms with Crippen molar-refractivity contribution in [2.24, 2.45) is 5.16 Å². The minimum Gasteiger partial charge on any atom is -0.543 e. The number of hydrogen-bond donors (Lipinski definition) is 2. The van der Waals surface area contributed by atoms with Gasteiger partial charge in [-0.05, 0) is 29.6 Å². The van der Waals surface area contributed by atoms with Crippen LogP contribution in [0.3, 0.4) is 0 Å². The van der Waals surface area contributed by atoms with Crippen LogP contribution >= 0.6 is 23.1 Å². The molecule has 2 amide bonds. The summed E-state index contributed by atoms with van der Waals surface area (Å²) < 4.78 is 1.95. The third kappa shape index (κ3) is 4.16. The van der Waals surface area contributed by atoms with Gasteiger partial charge in [0.25, 0.3) is 16.6 Å². The summed E-state index contributed by atoms with van der Waals surface area (Å²) in [6.07, 6.45) is 1.87. The standard InChI is InChI=1S/C23H20N6O5S2/c1-34-27-16(14-5-2-6-15(24)25-14)19(30)26-17-20(31)29-18(23(32)33)13(11-36-22(17)29)10-28-8-3-4-12-7-9-35-21(12)28/h2-9,17,22H,10-11H2,1H3,(H3-,24,25,26,30,32,33)/b27-16-/t17?,22-/m1/s1. The van der Waals surface area contributed by atoms with Crippen LogP contribution in [-0.2, 0) is 25.8 Å². The van der Waals surface area contributed by atoms with Crippen LogP contribution in [0.15, 0.2) is 64.4 Å². The van der Waals surface area contributed by atoms with Crippen LogP contribution < -0.4 is 20.7 Å². The largest absolute Gasteiger partial charge is 0.543 e. The molecule has 2 atom stereocenters. The second-order valence-electron chi connectivity index (χ2n) is 7.99. The van der Waals surface area contributed by atoms with Gasteiger partial charge in [-0.25, -0.2) is 4.98 Å². The lowest BCUT2D eigenvalue weighted by atomic mass is 10.0. The number of carbonyl (C=O) groups is 3. The Morgan fingerprint density at radius 3 is 2.92 bits per heavy atom. The first-order valence-electron chi connectivity index (χ1n) is 10.8. The molecule has 0 saturated carbocycles. The number of aromatic nitrogens is 2. The van der Waals surface area contributed by atoms with E-state index in [0.717, 1.165) is 10.2 Å². The molecule has 3 aromatic heterocycles. The minimum absolute atomic E-state index is 0.154. The van der Waals surface area contributed by atoms with E-state index in [9.17, 15) is 19.5 Å². The second-order valence-corrected chi connectivity index (χ2v) is 9.99. The number of hydrogen-bond acceptors (Lipinski definition) is 10. The van der Waals surface area contributed by atoms with Crippen LogP contribution in [0.1, 0.15) is 5.69 Å². The second kappa shape index (κ2) is 9.59. The molecule has 2 aliphatic rings. The number of rotatable bonds is 7. The number of nitrogens with two attached hydrogens (primary N) is 1. The number of anilines is 1. The van der Waals surface area contributed by atoms with Crippen LogP contribution in [0.2, 0.25) is 0 Å². The molecule has 36 heavy (non-hydrogen) atoms. The van der Waals surface area contributed by atoms with Gasteiger partial charge in [0.15, 0.2) is 18.5 Å². The Balaban J connectivity index is 1.38. The van der Waals surface area contributed by atoms with Gasteiger partial charge in [-0.2, -0.15) is 4.57 Å². The number of carboxylic acids is 1. The van der Waals surface area contributed by atoms with Gasteiger partial charge in [-0.1, -0.05) is 22.6 Å². The molecule has 1 fully saturated rings. The molecule has 0 radical (unpaired) electrons. The summed E-state index contributed by atoms with van der Waals surface area (Å²) in [5.41, 5.74) is 6.13. The lowest BCUT2D eigenvalue weighted by Crippen LogP contribution is -2.71. The first-order valence-corrected chi connectivity index (χ1v) is 12.7. The molecule has 11 nitrogen and oxygen atoms in total. The van der Waals surface area contributed by atoms with Crippen molar-refractivity contribution in [1.29, 1.82) is 0 Å². The van der Waals surface area contributed by atoms with Crippen LogP contribution in [-0.4, -0.2) is 57.7 Å². The van der Waals surface area contributed by atoms with Crippen LogP contribution in [0.25, 0.3) is 10.2 Å². The number of carbonyl (C=O) groups excluding carboxylic acids is 3. The number of nitrogens with zero attached hydrogens (tertiary/aromatic N) is 4. The molecule has 1 saturated heterocycles. The van der Waals surface area contributed by atoms with Crippen molar-refractivity contribution in [3.8, 4) is 0 Å². The predicted octanol–water partition coefficient (Wildman–Crippen LogP) is -0.379. The molecule has 3 N–H and O–H groups in total. The van der Waals surface area contributed by atoms with E-state index in [-0.39, 0.29) is 22.9 Å². The maximum atomic E-state index is 13.0. The van der Waals surface area contributed by atoms with Crippen molar-refractivity contribution in [2.75, 3.05) is 18.6 Å². The Morgan fingerprint density at radius 1 is 1.33 bits per heavy atom. The number of nitrogen functional groups attached to an aromatic ring is 1. The molecule has 0 aliphatic carbocycles. The lowest BCUT2D eigenvalue weighted by molar-refractivity contribution is -0.661. The SMILES string of the molecule is CO/N=C(\C(=O)NC1C(=O)N2C(C(=O)[O-])=C(C[n+]3cccc4ccsc43)CS[C@H]12)c1cccc(N)n1. The summed E-state index contributed by atoms with van der Waals surface area (Å²) in [6.45, 7) is 0.299. The molecule has 1 unspecified atom stereocenters. The zero-order chi connectivity index (χ0) is 25.4. The summed E-state index contributed by atoms with van der Waals surface area (Å²) in [5.74, 6) is -2.13. The Labute approximate surface area is 213 Å². The number of carboxylic acid groups (broad SMARTS) is 1. The smallest absolute Gasteiger partial charge is 0.276 e. The maximum Gasteiger partial charge on any atom is 0.276 e. The quantitative estimate of drug-likeness (QED) is 0.184. The number of nitrogens with one attached hydrogen (secondary N) is 1. The maximum absolute atomic E-state index is 13.0. The number of aliphatic carboxylic acids is 1. The number of β-lactam (4-membered cyclic amide) rings is 1. The Hall–Kier alpha value is -3.97. The minimum atomic E-state index is -1.43. The normalized spacial score (nSPS) is 19.6. The number of oxime groups is 1. The molecule has 0 spiro atoms. The first-order chi connectivity index (χ1) is 17.4. The molecular weight excluding hydrogens is 504 g/mol. The molecule has 2 aliphatic heterocycles. The topological polar surface area (TPSA) is 154 Å². The third-order valence-electron chi connectivity index (χ3n) is 5.78. The van der Waals surface area contributed by atoms with Crippen LogP contribution in [0.4, 0.5) is 5.82 Å². The number of fused-ring (bicyclic) bond motifs is 2.